The quantitative estimate of drug-likeness (QED) is 0.410. The second-order valence-corrected chi connectivity index (χ2v) is 2.88. The Bertz CT molecular complexity index is 282. The van der Waals surface area contributed by atoms with Crippen molar-refractivity contribution in [3.05, 3.63) is 23.5 Å². The van der Waals surface area contributed by atoms with E-state index < -0.39 is 28.4 Å². The van der Waals surface area contributed by atoms with E-state index in [4.69, 9.17) is 23.2 Å². The second-order valence-electron chi connectivity index (χ2n) is 1.79. The summed E-state index contributed by atoms with van der Waals surface area (Å²) >= 11 is 10.3. The minimum atomic E-state index is -1.50. The molecule has 0 aliphatic rings. The van der Waals surface area contributed by atoms with Crippen LogP contribution in [0.25, 0.3) is 0 Å². The van der Waals surface area contributed by atoms with Gasteiger partial charge in [0.2, 0.25) is 11.9 Å². The first-order valence-electron chi connectivity index (χ1n) is 2.69. The predicted octanol–water partition coefficient (Wildman–Crippen LogP) is 2.37. The molecule has 0 amide bonds. The second kappa shape index (κ2) is 3.45. The zero-order chi connectivity index (χ0) is 9.30. The van der Waals surface area contributed by atoms with E-state index in [-0.39, 0.29) is 0 Å². The molecule has 0 aliphatic carbocycles. The zero-order valence-electron chi connectivity index (χ0n) is 5.36. The van der Waals surface area contributed by atoms with Crippen molar-refractivity contribution in [2.75, 3.05) is 0 Å². The monoisotopic (exact) mass is 216 g/mol. The topological polar surface area (TPSA) is 25.8 Å². The molecule has 0 fully saturated rings. The largest absolute Gasteiger partial charge is 0.313 e. The molecule has 0 atom stereocenters. The van der Waals surface area contributed by atoms with Crippen LogP contribution in [0.3, 0.4) is 0 Å². The van der Waals surface area contributed by atoms with Crippen molar-refractivity contribution >= 4 is 23.2 Å². The molecule has 2 nitrogen and oxygen atoms in total. The van der Waals surface area contributed by atoms with E-state index in [1.54, 1.807) is 0 Å². The lowest BCUT2D eigenvalue weighted by Gasteiger charge is -2.02. The summed E-state index contributed by atoms with van der Waals surface area (Å²) in [6, 6.07) is 0. The summed E-state index contributed by atoms with van der Waals surface area (Å²) in [5, 5.41) is 0. The van der Waals surface area contributed by atoms with Crippen LogP contribution in [0.5, 0.6) is 0 Å². The van der Waals surface area contributed by atoms with Crippen molar-refractivity contribution < 1.29 is 13.2 Å². The highest BCUT2D eigenvalue weighted by atomic mass is 35.5. The maximum atomic E-state index is 12.6. The highest BCUT2D eigenvalue weighted by molar-refractivity contribution is 6.44. The molecule has 7 heteroatoms. The van der Waals surface area contributed by atoms with Crippen LogP contribution in [0.2, 0.25) is 0 Å². The normalized spacial score (nSPS) is 10.8. The Hall–Kier alpha value is -0.550. The third-order valence-corrected chi connectivity index (χ3v) is 1.48. The van der Waals surface area contributed by atoms with E-state index in [0.717, 1.165) is 0 Å². The predicted molar refractivity (Wildman–Crippen MR) is 36.4 cm³/mol. The summed E-state index contributed by atoms with van der Waals surface area (Å²) in [7, 11) is 0. The molecule has 1 aromatic rings. The number of hydrogen-bond acceptors (Lipinski definition) is 2. The smallest absolute Gasteiger partial charge is 0.184 e. The summed E-state index contributed by atoms with van der Waals surface area (Å²) in [5.74, 6) is -2.79. The van der Waals surface area contributed by atoms with Gasteiger partial charge in [-0.25, -0.2) is 0 Å². The molecule has 1 rings (SSSR count). The molecule has 0 N–H and O–H groups in total. The summed E-state index contributed by atoms with van der Waals surface area (Å²) in [4.78, 5) is 3.75. The highest BCUT2D eigenvalue weighted by Crippen LogP contribution is 2.27. The SMILES string of the molecule is Fc1nc(F)c(C(Cl)Cl)c(F)n1. The molecule has 0 aliphatic heterocycles. The molecule has 0 unspecified atom stereocenters. The first-order valence-corrected chi connectivity index (χ1v) is 3.56. The van der Waals surface area contributed by atoms with E-state index >= 15 is 0 Å². The number of nitrogens with zero attached hydrogens (tertiary/aromatic N) is 2. The fourth-order valence-electron chi connectivity index (χ4n) is 0.573. The van der Waals surface area contributed by atoms with Gasteiger partial charge in [-0.3, -0.25) is 0 Å². The van der Waals surface area contributed by atoms with E-state index in [1.165, 1.54) is 0 Å². The molecule has 1 heterocycles. The molecule has 12 heavy (non-hydrogen) atoms. The van der Waals surface area contributed by atoms with Crippen molar-refractivity contribution in [2.45, 2.75) is 4.84 Å². The van der Waals surface area contributed by atoms with Gasteiger partial charge < -0.3 is 0 Å². The average Bonchev–Trinajstić information content (AvgIpc) is 1.82. The number of aromatic nitrogens is 2. The Kier molecular flexibility index (Phi) is 2.74. The van der Waals surface area contributed by atoms with Gasteiger partial charge in [0.1, 0.15) is 4.84 Å². The van der Waals surface area contributed by atoms with Gasteiger partial charge in [0.15, 0.2) is 0 Å². The van der Waals surface area contributed by atoms with E-state index in [2.05, 4.69) is 9.97 Å². The Morgan fingerprint density at radius 1 is 1.00 bits per heavy atom. The van der Waals surface area contributed by atoms with Crippen molar-refractivity contribution in [3.8, 4) is 0 Å². The van der Waals surface area contributed by atoms with Crippen molar-refractivity contribution in [1.82, 2.24) is 9.97 Å². The van der Waals surface area contributed by atoms with Crippen molar-refractivity contribution in [1.29, 1.82) is 0 Å². The van der Waals surface area contributed by atoms with Crippen LogP contribution < -0.4 is 0 Å². The summed E-state index contributed by atoms with van der Waals surface area (Å²) < 4.78 is 37.2. The van der Waals surface area contributed by atoms with Crippen LogP contribution in [-0.2, 0) is 0 Å². The maximum absolute atomic E-state index is 12.6. The number of rotatable bonds is 1. The number of alkyl halides is 2. The Labute approximate surface area is 75.3 Å². The fourth-order valence-corrected chi connectivity index (χ4v) is 0.933. The lowest BCUT2D eigenvalue weighted by molar-refractivity contribution is 0.428. The maximum Gasteiger partial charge on any atom is 0.313 e. The minimum Gasteiger partial charge on any atom is -0.184 e. The van der Waals surface area contributed by atoms with Gasteiger partial charge in [-0.1, -0.05) is 23.2 Å². The van der Waals surface area contributed by atoms with Gasteiger partial charge in [-0.15, -0.1) is 0 Å². The van der Waals surface area contributed by atoms with Crippen LogP contribution in [-0.4, -0.2) is 9.97 Å². The lowest BCUT2D eigenvalue weighted by Crippen LogP contribution is -2.04. The molecule has 0 radical (unpaired) electrons. The zero-order valence-corrected chi connectivity index (χ0v) is 6.87. The van der Waals surface area contributed by atoms with Gasteiger partial charge in [-0.05, 0) is 0 Å². The molecule has 0 bridgehead atoms. The lowest BCUT2D eigenvalue weighted by atomic mass is 10.4. The van der Waals surface area contributed by atoms with Crippen LogP contribution in [0.1, 0.15) is 10.4 Å². The van der Waals surface area contributed by atoms with Gasteiger partial charge in [0.25, 0.3) is 0 Å². The van der Waals surface area contributed by atoms with Crippen LogP contribution in [0, 0.1) is 18.0 Å². The third kappa shape index (κ3) is 1.78. The first-order chi connectivity index (χ1) is 5.52. The van der Waals surface area contributed by atoms with E-state index in [0.29, 0.717) is 0 Å². The van der Waals surface area contributed by atoms with E-state index in [9.17, 15) is 13.2 Å². The third-order valence-electron chi connectivity index (χ3n) is 1.04. The Morgan fingerprint density at radius 2 is 1.42 bits per heavy atom. The van der Waals surface area contributed by atoms with Gasteiger partial charge in [0, 0.05) is 0 Å². The van der Waals surface area contributed by atoms with Crippen molar-refractivity contribution in [3.63, 3.8) is 0 Å². The Morgan fingerprint density at radius 3 is 1.75 bits per heavy atom. The number of halogens is 5. The van der Waals surface area contributed by atoms with Crippen LogP contribution >= 0.6 is 23.2 Å². The molecule has 66 valence electrons. The highest BCUT2D eigenvalue weighted by Gasteiger charge is 2.19. The molecular formula is C5HCl2F3N2. The molecule has 0 aromatic carbocycles. The summed E-state index contributed by atoms with van der Waals surface area (Å²) in [5.41, 5.74) is -0.750. The van der Waals surface area contributed by atoms with Gasteiger partial charge in [0.05, 0.1) is 5.56 Å². The molecule has 1 aromatic heterocycles. The molecule has 0 saturated heterocycles. The minimum absolute atomic E-state index is 0.750. The number of hydrogen-bond donors (Lipinski definition) is 0. The average molecular weight is 217 g/mol. The summed E-state index contributed by atoms with van der Waals surface area (Å²) in [6.07, 6.45) is -1.50. The standard InChI is InChI=1S/C5HCl2F3N2/c6-2(7)1-3(8)11-5(10)12-4(1)9/h2H. The van der Waals surface area contributed by atoms with Crippen LogP contribution in [0.4, 0.5) is 13.2 Å². The fraction of sp³-hybridized carbons (Fsp3) is 0.200. The van der Waals surface area contributed by atoms with E-state index in [1.807, 2.05) is 0 Å². The van der Waals surface area contributed by atoms with Gasteiger partial charge >= 0.3 is 6.08 Å². The molecular weight excluding hydrogens is 216 g/mol. The molecule has 0 spiro atoms. The summed E-state index contributed by atoms with van der Waals surface area (Å²) in [6.45, 7) is 0. The van der Waals surface area contributed by atoms with Crippen molar-refractivity contribution in [2.24, 2.45) is 0 Å². The molecule has 0 saturated carbocycles. The first kappa shape index (κ1) is 9.54. The van der Waals surface area contributed by atoms with Gasteiger partial charge in [-0.2, -0.15) is 23.1 Å². The Balaban J connectivity index is 3.28. The van der Waals surface area contributed by atoms with Crippen LogP contribution in [0.15, 0.2) is 0 Å².